The zero-order chi connectivity index (χ0) is 14.5. The molecule has 0 aromatic heterocycles. The lowest BCUT2D eigenvalue weighted by Gasteiger charge is -2.34. The van der Waals surface area contributed by atoms with Gasteiger partial charge in [-0.3, -0.25) is 4.79 Å². The van der Waals surface area contributed by atoms with Crippen molar-refractivity contribution in [1.29, 1.82) is 0 Å². The topological polar surface area (TPSA) is 29.5 Å². The summed E-state index contributed by atoms with van der Waals surface area (Å²) in [4.78, 5) is 14.2. The molecular formula is C17H23NO2. The van der Waals surface area contributed by atoms with Gasteiger partial charge in [0.2, 0.25) is 5.91 Å². The molecule has 1 aromatic rings. The molecule has 1 aliphatic heterocycles. The van der Waals surface area contributed by atoms with E-state index in [0.29, 0.717) is 11.8 Å². The van der Waals surface area contributed by atoms with Crippen LogP contribution in [0.4, 0.5) is 0 Å². The summed E-state index contributed by atoms with van der Waals surface area (Å²) >= 11 is 0. The fourth-order valence-corrected chi connectivity index (χ4v) is 2.86. The zero-order valence-electron chi connectivity index (χ0n) is 12.5. The van der Waals surface area contributed by atoms with Crippen molar-refractivity contribution in [2.24, 2.45) is 11.8 Å². The first kappa shape index (κ1) is 14.6. The average molecular weight is 273 g/mol. The molecule has 1 aromatic carbocycles. The first-order valence-corrected chi connectivity index (χ1v) is 7.19. The minimum Gasteiger partial charge on any atom is -0.497 e. The predicted molar refractivity (Wildman–Crippen MR) is 81.6 cm³/mol. The van der Waals surface area contributed by atoms with Gasteiger partial charge in [0.15, 0.2) is 0 Å². The van der Waals surface area contributed by atoms with E-state index in [4.69, 9.17) is 4.74 Å². The number of ether oxygens (including phenoxy) is 1. The number of carbonyl (C=O) groups excluding carboxylic acids is 1. The molecule has 0 bridgehead atoms. The molecule has 0 radical (unpaired) electrons. The van der Waals surface area contributed by atoms with Gasteiger partial charge in [0.25, 0.3) is 0 Å². The Kier molecular flexibility index (Phi) is 4.83. The number of nitrogens with zero attached hydrogens (tertiary/aromatic N) is 1. The van der Waals surface area contributed by atoms with Crippen molar-refractivity contribution in [2.45, 2.75) is 20.3 Å². The van der Waals surface area contributed by atoms with Gasteiger partial charge in [-0.2, -0.15) is 0 Å². The Hall–Kier alpha value is -1.77. The molecule has 0 N–H and O–H groups in total. The number of amides is 1. The van der Waals surface area contributed by atoms with Crippen molar-refractivity contribution >= 4 is 12.0 Å². The van der Waals surface area contributed by atoms with Gasteiger partial charge in [-0.1, -0.05) is 26.0 Å². The zero-order valence-corrected chi connectivity index (χ0v) is 12.5. The van der Waals surface area contributed by atoms with Gasteiger partial charge in [0, 0.05) is 19.2 Å². The molecule has 2 rings (SSSR count). The maximum atomic E-state index is 12.2. The van der Waals surface area contributed by atoms with Gasteiger partial charge in [-0.15, -0.1) is 0 Å². The number of piperidine rings is 1. The van der Waals surface area contributed by atoms with Crippen LogP contribution in [0.1, 0.15) is 25.8 Å². The van der Waals surface area contributed by atoms with Crippen LogP contribution in [0, 0.1) is 11.8 Å². The van der Waals surface area contributed by atoms with Crippen molar-refractivity contribution in [3.05, 3.63) is 35.9 Å². The Morgan fingerprint density at radius 3 is 2.65 bits per heavy atom. The SMILES string of the molecule is COc1cccc(/C=C/C(=O)N2CC(C)CC(C)C2)c1. The van der Waals surface area contributed by atoms with E-state index in [-0.39, 0.29) is 5.91 Å². The molecule has 108 valence electrons. The summed E-state index contributed by atoms with van der Waals surface area (Å²) in [5.74, 6) is 2.09. The van der Waals surface area contributed by atoms with Gasteiger partial charge in [0.05, 0.1) is 7.11 Å². The van der Waals surface area contributed by atoms with Gasteiger partial charge in [0.1, 0.15) is 5.75 Å². The van der Waals surface area contributed by atoms with Gasteiger partial charge < -0.3 is 9.64 Å². The monoisotopic (exact) mass is 273 g/mol. The standard InChI is InChI=1S/C17H23NO2/c1-13-9-14(2)12-18(11-13)17(19)8-7-15-5-4-6-16(10-15)20-3/h4-8,10,13-14H,9,11-12H2,1-3H3/b8-7+. The van der Waals surface area contributed by atoms with Crippen LogP contribution in [0.3, 0.4) is 0 Å². The molecule has 0 saturated carbocycles. The van der Waals surface area contributed by atoms with Crippen LogP contribution in [-0.2, 0) is 4.79 Å². The molecular weight excluding hydrogens is 250 g/mol. The highest BCUT2D eigenvalue weighted by Crippen LogP contribution is 2.21. The number of carbonyl (C=O) groups is 1. The van der Waals surface area contributed by atoms with Crippen LogP contribution in [0.5, 0.6) is 5.75 Å². The summed E-state index contributed by atoms with van der Waals surface area (Å²) in [6.07, 6.45) is 4.73. The van der Waals surface area contributed by atoms with Crippen LogP contribution in [-0.4, -0.2) is 31.0 Å². The number of rotatable bonds is 3. The second-order valence-corrected chi connectivity index (χ2v) is 5.80. The van der Waals surface area contributed by atoms with E-state index in [2.05, 4.69) is 13.8 Å². The van der Waals surface area contributed by atoms with Gasteiger partial charge >= 0.3 is 0 Å². The summed E-state index contributed by atoms with van der Waals surface area (Å²) in [5.41, 5.74) is 0.982. The first-order chi connectivity index (χ1) is 9.58. The molecule has 2 atom stereocenters. The normalized spacial score (nSPS) is 23.1. The highest BCUT2D eigenvalue weighted by atomic mass is 16.5. The summed E-state index contributed by atoms with van der Waals surface area (Å²) in [6.45, 7) is 6.15. The Bertz CT molecular complexity index is 486. The molecule has 3 nitrogen and oxygen atoms in total. The minimum atomic E-state index is 0.103. The smallest absolute Gasteiger partial charge is 0.246 e. The molecule has 20 heavy (non-hydrogen) atoms. The Balaban J connectivity index is 2.01. The van der Waals surface area contributed by atoms with E-state index in [1.807, 2.05) is 35.2 Å². The maximum Gasteiger partial charge on any atom is 0.246 e. The van der Waals surface area contributed by atoms with E-state index < -0.39 is 0 Å². The molecule has 1 aliphatic rings. The predicted octanol–water partition coefficient (Wildman–Crippen LogP) is 3.21. The molecule has 0 aliphatic carbocycles. The summed E-state index contributed by atoms with van der Waals surface area (Å²) in [5, 5.41) is 0. The average Bonchev–Trinajstić information content (AvgIpc) is 2.44. The number of benzene rings is 1. The fraction of sp³-hybridized carbons (Fsp3) is 0.471. The highest BCUT2D eigenvalue weighted by molar-refractivity contribution is 5.91. The number of hydrogen-bond donors (Lipinski definition) is 0. The Morgan fingerprint density at radius 1 is 1.30 bits per heavy atom. The van der Waals surface area contributed by atoms with E-state index in [1.54, 1.807) is 13.2 Å². The van der Waals surface area contributed by atoms with Crippen LogP contribution >= 0.6 is 0 Å². The molecule has 3 heteroatoms. The van der Waals surface area contributed by atoms with Crippen molar-refractivity contribution in [2.75, 3.05) is 20.2 Å². The summed E-state index contributed by atoms with van der Waals surface area (Å²) in [6, 6.07) is 7.71. The van der Waals surface area contributed by atoms with Gasteiger partial charge in [-0.25, -0.2) is 0 Å². The van der Waals surface area contributed by atoms with Crippen molar-refractivity contribution < 1.29 is 9.53 Å². The van der Waals surface area contributed by atoms with Crippen molar-refractivity contribution in [3.63, 3.8) is 0 Å². The third kappa shape index (κ3) is 3.86. The number of hydrogen-bond acceptors (Lipinski definition) is 2. The largest absolute Gasteiger partial charge is 0.497 e. The Morgan fingerprint density at radius 2 is 2.00 bits per heavy atom. The second-order valence-electron chi connectivity index (χ2n) is 5.80. The Labute approximate surface area is 121 Å². The minimum absolute atomic E-state index is 0.103. The van der Waals surface area contributed by atoms with E-state index >= 15 is 0 Å². The van der Waals surface area contributed by atoms with E-state index in [0.717, 1.165) is 24.4 Å². The van der Waals surface area contributed by atoms with Crippen LogP contribution in [0.25, 0.3) is 6.08 Å². The van der Waals surface area contributed by atoms with Gasteiger partial charge in [-0.05, 0) is 42.0 Å². The number of likely N-dealkylation sites (tertiary alicyclic amines) is 1. The molecule has 1 amide bonds. The highest BCUT2D eigenvalue weighted by Gasteiger charge is 2.23. The lowest BCUT2D eigenvalue weighted by atomic mass is 9.92. The molecule has 0 spiro atoms. The van der Waals surface area contributed by atoms with Crippen LogP contribution in [0.15, 0.2) is 30.3 Å². The first-order valence-electron chi connectivity index (χ1n) is 7.19. The quantitative estimate of drug-likeness (QED) is 0.791. The van der Waals surface area contributed by atoms with Crippen LogP contribution < -0.4 is 4.74 Å². The maximum absolute atomic E-state index is 12.2. The third-order valence-corrected chi connectivity index (χ3v) is 3.69. The molecule has 1 fully saturated rings. The number of methoxy groups -OCH3 is 1. The van der Waals surface area contributed by atoms with Crippen molar-refractivity contribution in [3.8, 4) is 5.75 Å². The van der Waals surface area contributed by atoms with Crippen LogP contribution in [0.2, 0.25) is 0 Å². The third-order valence-electron chi connectivity index (χ3n) is 3.69. The summed E-state index contributed by atoms with van der Waals surface area (Å²) < 4.78 is 5.18. The van der Waals surface area contributed by atoms with E-state index in [1.165, 1.54) is 6.42 Å². The molecule has 2 unspecified atom stereocenters. The fourth-order valence-electron chi connectivity index (χ4n) is 2.86. The lowest BCUT2D eigenvalue weighted by Crippen LogP contribution is -2.41. The molecule has 1 saturated heterocycles. The second kappa shape index (κ2) is 6.60. The van der Waals surface area contributed by atoms with Crippen molar-refractivity contribution in [1.82, 2.24) is 4.90 Å². The lowest BCUT2D eigenvalue weighted by molar-refractivity contribution is -0.128. The molecule has 1 heterocycles. The van der Waals surface area contributed by atoms with E-state index in [9.17, 15) is 4.79 Å². The summed E-state index contributed by atoms with van der Waals surface area (Å²) in [7, 11) is 1.64.